The summed E-state index contributed by atoms with van der Waals surface area (Å²) in [5.41, 5.74) is 0.472. The van der Waals surface area contributed by atoms with Crippen LogP contribution >= 0.6 is 11.6 Å². The fraction of sp³-hybridized carbons (Fsp3) is 0.300. The third-order valence-electron chi connectivity index (χ3n) is 1.95. The molecule has 0 aromatic heterocycles. The predicted molar refractivity (Wildman–Crippen MR) is 52.0 cm³/mol. The summed E-state index contributed by atoms with van der Waals surface area (Å²) in [6.07, 6.45) is 3.82. The molecule has 0 spiro atoms. The molecule has 0 aliphatic heterocycles. The van der Waals surface area contributed by atoms with E-state index in [9.17, 15) is 4.39 Å². The van der Waals surface area contributed by atoms with Gasteiger partial charge in [0.05, 0.1) is 11.1 Å². The summed E-state index contributed by atoms with van der Waals surface area (Å²) in [6.45, 7) is 0. The van der Waals surface area contributed by atoms with Crippen LogP contribution in [0.2, 0.25) is 5.02 Å². The van der Waals surface area contributed by atoms with Crippen LogP contribution in [0.5, 0.6) is 0 Å². The second kappa shape index (κ2) is 3.46. The lowest BCUT2D eigenvalue weighted by Gasteiger charge is -1.97. The van der Waals surface area contributed by atoms with Gasteiger partial charge in [-0.1, -0.05) is 23.7 Å². The summed E-state index contributed by atoms with van der Waals surface area (Å²) in [4.78, 5) is 4.18. The average molecular weight is 198 g/mol. The first-order chi connectivity index (χ1) is 6.27. The number of rotatable bonds is 2. The minimum Gasteiger partial charge on any atom is -0.289 e. The van der Waals surface area contributed by atoms with E-state index < -0.39 is 0 Å². The maximum atomic E-state index is 13.2. The predicted octanol–water partition coefficient (Wildman–Crippen LogP) is 3.06. The number of hydrogen-bond donors (Lipinski definition) is 0. The summed E-state index contributed by atoms with van der Waals surface area (Å²) in [5, 5.41) is 0.153. The topological polar surface area (TPSA) is 12.4 Å². The zero-order valence-corrected chi connectivity index (χ0v) is 7.76. The molecule has 1 nitrogen and oxygen atoms in total. The van der Waals surface area contributed by atoms with E-state index in [1.165, 1.54) is 6.07 Å². The van der Waals surface area contributed by atoms with Gasteiger partial charge in [-0.05, 0) is 18.9 Å². The summed E-state index contributed by atoms with van der Waals surface area (Å²) in [7, 11) is 0. The Kier molecular flexibility index (Phi) is 2.32. The van der Waals surface area contributed by atoms with E-state index in [4.69, 9.17) is 11.6 Å². The van der Waals surface area contributed by atoms with Gasteiger partial charge in [0.1, 0.15) is 0 Å². The lowest BCUT2D eigenvalue weighted by molar-refractivity contribution is 0.626. The normalized spacial score (nSPS) is 16.8. The van der Waals surface area contributed by atoms with Crippen LogP contribution in [0.3, 0.4) is 0 Å². The summed E-state index contributed by atoms with van der Waals surface area (Å²) >= 11 is 5.61. The molecule has 0 heterocycles. The Balaban J connectivity index is 2.23. The van der Waals surface area contributed by atoms with E-state index in [2.05, 4.69) is 4.99 Å². The van der Waals surface area contributed by atoms with Crippen molar-refractivity contribution < 1.29 is 4.39 Å². The summed E-state index contributed by atoms with van der Waals surface area (Å²) < 4.78 is 13.2. The van der Waals surface area contributed by atoms with Crippen LogP contribution < -0.4 is 0 Å². The molecule has 1 aliphatic carbocycles. The Hall–Kier alpha value is -0.890. The molecule has 1 aliphatic rings. The van der Waals surface area contributed by atoms with Crippen molar-refractivity contribution in [2.75, 3.05) is 0 Å². The monoisotopic (exact) mass is 197 g/mol. The van der Waals surface area contributed by atoms with E-state index in [-0.39, 0.29) is 10.8 Å². The Labute approximate surface area is 81.2 Å². The second-order valence-corrected chi connectivity index (χ2v) is 3.56. The highest BCUT2D eigenvalue weighted by Gasteiger charge is 2.19. The van der Waals surface area contributed by atoms with Crippen LogP contribution in [0.4, 0.5) is 4.39 Å². The van der Waals surface area contributed by atoms with E-state index in [1.807, 2.05) is 0 Å². The molecule has 3 heteroatoms. The van der Waals surface area contributed by atoms with Gasteiger partial charge in [0.25, 0.3) is 0 Å². The number of hydrogen-bond acceptors (Lipinski definition) is 1. The summed E-state index contributed by atoms with van der Waals surface area (Å²) in [5.74, 6) is -0.381. The van der Waals surface area contributed by atoms with Gasteiger partial charge in [-0.25, -0.2) is 4.39 Å². The standard InChI is InChI=1S/C10H9ClFN/c11-9-3-1-2-7(10(9)12)6-13-8-4-5-8/h1-3,6,8H,4-5H2/b13-6-. The molecule has 0 amide bonds. The second-order valence-electron chi connectivity index (χ2n) is 3.15. The molecule has 0 bridgehead atoms. The molecule has 0 saturated heterocycles. The Morgan fingerprint density at radius 2 is 2.23 bits per heavy atom. The maximum Gasteiger partial charge on any atom is 0.150 e. The Bertz CT molecular complexity index is 345. The molecule has 1 fully saturated rings. The van der Waals surface area contributed by atoms with Gasteiger partial charge in [-0.2, -0.15) is 0 Å². The molecular weight excluding hydrogens is 189 g/mol. The molecule has 1 aromatic rings. The van der Waals surface area contributed by atoms with Gasteiger partial charge >= 0.3 is 0 Å². The van der Waals surface area contributed by atoms with Crippen molar-refractivity contribution in [1.82, 2.24) is 0 Å². The van der Waals surface area contributed by atoms with Crippen molar-refractivity contribution in [3.8, 4) is 0 Å². The zero-order chi connectivity index (χ0) is 9.26. The van der Waals surface area contributed by atoms with Crippen molar-refractivity contribution in [3.63, 3.8) is 0 Å². The van der Waals surface area contributed by atoms with Gasteiger partial charge in [0, 0.05) is 11.8 Å². The number of halogens is 2. The highest BCUT2D eigenvalue weighted by Crippen LogP contribution is 2.24. The molecule has 1 aromatic carbocycles. The molecule has 13 heavy (non-hydrogen) atoms. The first-order valence-corrected chi connectivity index (χ1v) is 4.62. The smallest absolute Gasteiger partial charge is 0.150 e. The number of nitrogens with zero attached hydrogens (tertiary/aromatic N) is 1. The molecule has 0 atom stereocenters. The third kappa shape index (κ3) is 2.07. The lowest BCUT2D eigenvalue weighted by atomic mass is 10.2. The van der Waals surface area contributed by atoms with Crippen LogP contribution in [-0.4, -0.2) is 12.3 Å². The van der Waals surface area contributed by atoms with Crippen molar-refractivity contribution in [3.05, 3.63) is 34.6 Å². The largest absolute Gasteiger partial charge is 0.289 e. The lowest BCUT2D eigenvalue weighted by Crippen LogP contribution is -1.89. The average Bonchev–Trinajstić information content (AvgIpc) is 2.91. The SMILES string of the molecule is Fc1c(Cl)cccc1/C=N\C1CC1. The number of benzene rings is 1. The highest BCUT2D eigenvalue weighted by atomic mass is 35.5. The summed E-state index contributed by atoms with van der Waals surface area (Å²) in [6, 6.07) is 5.34. The minimum atomic E-state index is -0.381. The van der Waals surface area contributed by atoms with E-state index in [0.717, 1.165) is 12.8 Å². The Morgan fingerprint density at radius 1 is 1.46 bits per heavy atom. The molecule has 2 rings (SSSR count). The number of aliphatic imine (C=N–C) groups is 1. The van der Waals surface area contributed by atoms with Gasteiger partial charge in [-0.3, -0.25) is 4.99 Å². The van der Waals surface area contributed by atoms with Crippen molar-refractivity contribution >= 4 is 17.8 Å². The highest BCUT2D eigenvalue weighted by molar-refractivity contribution is 6.31. The van der Waals surface area contributed by atoms with Crippen molar-refractivity contribution in [2.24, 2.45) is 4.99 Å². The zero-order valence-electron chi connectivity index (χ0n) is 7.00. The fourth-order valence-corrected chi connectivity index (χ4v) is 1.21. The van der Waals surface area contributed by atoms with Gasteiger partial charge in [0.2, 0.25) is 0 Å². The quantitative estimate of drug-likeness (QED) is 0.647. The van der Waals surface area contributed by atoms with E-state index in [1.54, 1.807) is 18.3 Å². The van der Waals surface area contributed by atoms with Crippen molar-refractivity contribution in [2.45, 2.75) is 18.9 Å². The van der Waals surface area contributed by atoms with Crippen LogP contribution in [0.15, 0.2) is 23.2 Å². The minimum absolute atomic E-state index is 0.153. The molecule has 0 radical (unpaired) electrons. The van der Waals surface area contributed by atoms with E-state index in [0.29, 0.717) is 11.6 Å². The first kappa shape index (κ1) is 8.70. The van der Waals surface area contributed by atoms with Crippen LogP contribution in [0, 0.1) is 5.82 Å². The fourth-order valence-electron chi connectivity index (χ4n) is 1.03. The Morgan fingerprint density at radius 3 is 2.92 bits per heavy atom. The van der Waals surface area contributed by atoms with E-state index >= 15 is 0 Å². The molecular formula is C10H9ClFN. The third-order valence-corrected chi connectivity index (χ3v) is 2.24. The first-order valence-electron chi connectivity index (χ1n) is 4.24. The molecule has 0 N–H and O–H groups in total. The molecule has 1 saturated carbocycles. The molecule has 0 unspecified atom stereocenters. The van der Waals surface area contributed by atoms with Crippen molar-refractivity contribution in [1.29, 1.82) is 0 Å². The van der Waals surface area contributed by atoms with Crippen LogP contribution in [0.25, 0.3) is 0 Å². The van der Waals surface area contributed by atoms with Crippen LogP contribution in [0.1, 0.15) is 18.4 Å². The van der Waals surface area contributed by atoms with Crippen LogP contribution in [-0.2, 0) is 0 Å². The van der Waals surface area contributed by atoms with Gasteiger partial charge in [0.15, 0.2) is 5.82 Å². The molecule has 68 valence electrons. The maximum absolute atomic E-state index is 13.2. The van der Waals surface area contributed by atoms with Gasteiger partial charge < -0.3 is 0 Å². The van der Waals surface area contributed by atoms with Gasteiger partial charge in [-0.15, -0.1) is 0 Å².